The summed E-state index contributed by atoms with van der Waals surface area (Å²) in [5.74, 6) is -0.173. The van der Waals surface area contributed by atoms with Crippen molar-refractivity contribution < 1.29 is 19.4 Å². The number of nitrogens with zero attached hydrogens (tertiary/aromatic N) is 1. The number of benzene rings is 2. The Bertz CT molecular complexity index is 1360. The molecule has 0 saturated heterocycles. The molecule has 4 rings (SSSR count). The summed E-state index contributed by atoms with van der Waals surface area (Å²) >= 11 is 3.12. The third kappa shape index (κ3) is 6.58. The average Bonchev–Trinajstić information content (AvgIpc) is 3.45. The molecule has 4 aromatic rings. The van der Waals surface area contributed by atoms with E-state index in [2.05, 4.69) is 10.3 Å². The standard InChI is InChI=1S/C29H28N2O4S2/c1-19-7-3-4-9-22(19)24-15-20(18-35-21-8-5-12-30-17-21)23(27-10-6-13-37-27)16-25(24)28(32)31-26(29(33)34)11-14-36-2/h3-10,12-13,15-17,26H,11,14,18H2,1-2H3,(H,31,32)(H,33,34)/t26-/m0/s1. The first-order valence-electron chi connectivity index (χ1n) is 11.8. The number of thioether (sulfide) groups is 1. The number of carboxylic acid groups (broad SMARTS) is 1. The van der Waals surface area contributed by atoms with Gasteiger partial charge in [0.05, 0.1) is 6.20 Å². The normalized spacial score (nSPS) is 11.6. The van der Waals surface area contributed by atoms with Crippen LogP contribution in [0, 0.1) is 6.92 Å². The number of pyridine rings is 1. The first-order valence-corrected chi connectivity index (χ1v) is 14.1. The second kappa shape index (κ2) is 12.6. The van der Waals surface area contributed by atoms with E-state index in [1.54, 1.807) is 35.5 Å². The van der Waals surface area contributed by atoms with Gasteiger partial charge in [-0.25, -0.2) is 4.79 Å². The Labute approximate surface area is 224 Å². The van der Waals surface area contributed by atoms with Crippen molar-refractivity contribution in [3.05, 3.63) is 95.1 Å². The number of carbonyl (C=O) groups excluding carboxylic acids is 1. The molecular weight excluding hydrogens is 504 g/mol. The van der Waals surface area contributed by atoms with Gasteiger partial charge in [-0.3, -0.25) is 9.78 Å². The fraction of sp³-hybridized carbons (Fsp3) is 0.207. The number of aryl methyl sites for hydroxylation is 1. The Morgan fingerprint density at radius 1 is 1.08 bits per heavy atom. The van der Waals surface area contributed by atoms with Crippen LogP contribution in [0.5, 0.6) is 5.75 Å². The van der Waals surface area contributed by atoms with Gasteiger partial charge in [0.15, 0.2) is 0 Å². The van der Waals surface area contributed by atoms with Gasteiger partial charge in [0.1, 0.15) is 18.4 Å². The molecule has 0 bridgehead atoms. The first kappa shape index (κ1) is 26.4. The summed E-state index contributed by atoms with van der Waals surface area (Å²) in [7, 11) is 0. The van der Waals surface area contributed by atoms with Gasteiger partial charge in [0.2, 0.25) is 0 Å². The number of carbonyl (C=O) groups is 2. The molecule has 6 nitrogen and oxygen atoms in total. The largest absolute Gasteiger partial charge is 0.487 e. The zero-order valence-electron chi connectivity index (χ0n) is 20.6. The fourth-order valence-electron chi connectivity index (χ4n) is 4.03. The maximum Gasteiger partial charge on any atom is 0.326 e. The Morgan fingerprint density at radius 3 is 2.59 bits per heavy atom. The van der Waals surface area contributed by atoms with E-state index >= 15 is 0 Å². The number of nitrogens with one attached hydrogen (secondary N) is 1. The molecule has 2 aromatic heterocycles. The smallest absolute Gasteiger partial charge is 0.326 e. The number of hydrogen-bond acceptors (Lipinski definition) is 6. The van der Waals surface area contributed by atoms with E-state index in [1.807, 2.05) is 79.2 Å². The maximum atomic E-state index is 13.6. The lowest BCUT2D eigenvalue weighted by Crippen LogP contribution is -2.41. The zero-order valence-corrected chi connectivity index (χ0v) is 22.3. The van der Waals surface area contributed by atoms with Crippen LogP contribution in [-0.2, 0) is 11.4 Å². The minimum Gasteiger partial charge on any atom is -0.487 e. The van der Waals surface area contributed by atoms with Crippen LogP contribution in [0.2, 0.25) is 0 Å². The van der Waals surface area contributed by atoms with Crippen molar-refractivity contribution in [1.82, 2.24) is 10.3 Å². The van der Waals surface area contributed by atoms with Crippen molar-refractivity contribution in [3.8, 4) is 27.3 Å². The topological polar surface area (TPSA) is 88.5 Å². The summed E-state index contributed by atoms with van der Waals surface area (Å²) in [5, 5.41) is 14.5. The molecule has 1 amide bonds. The van der Waals surface area contributed by atoms with Gasteiger partial charge in [0.25, 0.3) is 5.91 Å². The third-order valence-corrected chi connectivity index (χ3v) is 7.50. The first-order chi connectivity index (χ1) is 18.0. The maximum absolute atomic E-state index is 13.6. The summed E-state index contributed by atoms with van der Waals surface area (Å²) in [6.07, 6.45) is 5.61. The van der Waals surface area contributed by atoms with E-state index in [9.17, 15) is 14.7 Å². The monoisotopic (exact) mass is 532 g/mol. The minimum absolute atomic E-state index is 0.283. The average molecular weight is 533 g/mol. The molecule has 2 aromatic carbocycles. The van der Waals surface area contributed by atoms with E-state index < -0.39 is 17.9 Å². The highest BCUT2D eigenvalue weighted by atomic mass is 32.2. The number of hydrogen-bond donors (Lipinski definition) is 2. The summed E-state index contributed by atoms with van der Waals surface area (Å²) in [6.45, 7) is 2.28. The second-order valence-corrected chi connectivity index (χ2v) is 10.4. The quantitative estimate of drug-likeness (QED) is 0.236. The van der Waals surface area contributed by atoms with Gasteiger partial charge in [-0.2, -0.15) is 11.8 Å². The van der Waals surface area contributed by atoms with Crippen molar-refractivity contribution in [2.24, 2.45) is 0 Å². The molecule has 0 aliphatic rings. The number of thiophene rings is 1. The zero-order chi connectivity index (χ0) is 26.2. The van der Waals surface area contributed by atoms with Crippen LogP contribution >= 0.6 is 23.1 Å². The number of aromatic nitrogens is 1. The lowest BCUT2D eigenvalue weighted by atomic mass is 9.90. The Morgan fingerprint density at radius 2 is 1.92 bits per heavy atom. The highest BCUT2D eigenvalue weighted by Crippen LogP contribution is 2.36. The molecule has 1 atom stereocenters. The van der Waals surface area contributed by atoms with E-state index in [0.717, 1.165) is 32.7 Å². The molecule has 0 fully saturated rings. The number of amides is 1. The van der Waals surface area contributed by atoms with Crippen LogP contribution in [0.4, 0.5) is 0 Å². The lowest BCUT2D eigenvalue weighted by Gasteiger charge is -2.20. The van der Waals surface area contributed by atoms with Crippen LogP contribution < -0.4 is 10.1 Å². The molecule has 8 heteroatoms. The van der Waals surface area contributed by atoms with Gasteiger partial charge in [-0.15, -0.1) is 11.3 Å². The number of carboxylic acids is 1. The number of aliphatic carboxylic acids is 1. The van der Waals surface area contributed by atoms with E-state index in [-0.39, 0.29) is 6.61 Å². The molecule has 0 aliphatic carbocycles. The Kier molecular flexibility index (Phi) is 8.98. The van der Waals surface area contributed by atoms with E-state index in [1.165, 1.54) is 0 Å². The van der Waals surface area contributed by atoms with E-state index in [0.29, 0.717) is 23.5 Å². The van der Waals surface area contributed by atoms with Crippen LogP contribution in [0.3, 0.4) is 0 Å². The highest BCUT2D eigenvalue weighted by Gasteiger charge is 2.24. The van der Waals surface area contributed by atoms with Crippen molar-refractivity contribution in [2.75, 3.05) is 12.0 Å². The van der Waals surface area contributed by atoms with Crippen molar-refractivity contribution >= 4 is 35.0 Å². The van der Waals surface area contributed by atoms with Gasteiger partial charge in [-0.1, -0.05) is 30.3 Å². The third-order valence-electron chi connectivity index (χ3n) is 5.95. The fourth-order valence-corrected chi connectivity index (χ4v) is 5.28. The predicted molar refractivity (Wildman–Crippen MR) is 150 cm³/mol. The lowest BCUT2D eigenvalue weighted by molar-refractivity contribution is -0.139. The molecular formula is C29H28N2O4S2. The van der Waals surface area contributed by atoms with Crippen LogP contribution in [0.25, 0.3) is 21.6 Å². The van der Waals surface area contributed by atoms with E-state index in [4.69, 9.17) is 4.74 Å². The second-order valence-electron chi connectivity index (χ2n) is 8.47. The van der Waals surface area contributed by atoms with Gasteiger partial charge < -0.3 is 15.2 Å². The molecule has 0 saturated carbocycles. The molecule has 190 valence electrons. The molecule has 0 aliphatic heterocycles. The SMILES string of the molecule is CSCC[C@H](NC(=O)c1cc(-c2cccs2)c(COc2cccnc2)cc1-c1ccccc1C)C(=O)O. The molecule has 0 spiro atoms. The molecule has 0 unspecified atom stereocenters. The summed E-state index contributed by atoms with van der Waals surface area (Å²) in [6, 6.07) is 18.4. The summed E-state index contributed by atoms with van der Waals surface area (Å²) in [4.78, 5) is 30.6. The summed E-state index contributed by atoms with van der Waals surface area (Å²) in [5.41, 5.74) is 4.87. The van der Waals surface area contributed by atoms with Gasteiger partial charge >= 0.3 is 5.97 Å². The highest BCUT2D eigenvalue weighted by molar-refractivity contribution is 7.98. The van der Waals surface area contributed by atoms with Gasteiger partial charge in [0, 0.05) is 16.6 Å². The molecule has 2 heterocycles. The predicted octanol–water partition coefficient (Wildman–Crippen LogP) is 6.30. The minimum atomic E-state index is -1.04. The van der Waals surface area contributed by atoms with Crippen molar-refractivity contribution in [1.29, 1.82) is 0 Å². The number of ether oxygens (including phenoxy) is 1. The Balaban J connectivity index is 1.82. The molecule has 37 heavy (non-hydrogen) atoms. The summed E-state index contributed by atoms with van der Waals surface area (Å²) < 4.78 is 6.05. The van der Waals surface area contributed by atoms with Crippen molar-refractivity contribution in [2.45, 2.75) is 26.0 Å². The van der Waals surface area contributed by atoms with Crippen LogP contribution in [-0.4, -0.2) is 40.0 Å². The number of rotatable bonds is 11. The Hall–Kier alpha value is -3.62. The van der Waals surface area contributed by atoms with Gasteiger partial charge in [-0.05, 0) is 88.9 Å². The van der Waals surface area contributed by atoms with Crippen molar-refractivity contribution in [3.63, 3.8) is 0 Å². The molecule has 0 radical (unpaired) electrons. The van der Waals surface area contributed by atoms with Crippen LogP contribution in [0.1, 0.15) is 27.9 Å². The van der Waals surface area contributed by atoms with Crippen LogP contribution in [0.15, 0.2) is 78.4 Å². The molecule has 2 N–H and O–H groups in total.